The Kier molecular flexibility index (Phi) is 5.37. The van der Waals surface area contributed by atoms with Gasteiger partial charge in [0.15, 0.2) is 23.1 Å². The van der Waals surface area contributed by atoms with Crippen molar-refractivity contribution in [2.75, 3.05) is 7.11 Å². The zero-order valence-corrected chi connectivity index (χ0v) is 16.8. The molecule has 0 saturated carbocycles. The molecule has 2 heterocycles. The van der Waals surface area contributed by atoms with Crippen molar-refractivity contribution in [1.82, 2.24) is 9.88 Å². The molecule has 1 amide bonds. The molecule has 1 aromatic heterocycles. The summed E-state index contributed by atoms with van der Waals surface area (Å²) in [7, 11) is 1.49. The maximum Gasteiger partial charge on any atom is 0.254 e. The molecule has 30 heavy (non-hydrogen) atoms. The molecule has 6 nitrogen and oxygen atoms in total. The smallest absolute Gasteiger partial charge is 0.254 e. The normalized spacial score (nSPS) is 12.6. The predicted molar refractivity (Wildman–Crippen MR) is 110 cm³/mol. The Morgan fingerprint density at radius 3 is 2.60 bits per heavy atom. The van der Waals surface area contributed by atoms with Gasteiger partial charge in [0, 0.05) is 37.1 Å². The zero-order valence-electron chi connectivity index (χ0n) is 16.8. The van der Waals surface area contributed by atoms with E-state index in [0.717, 1.165) is 16.8 Å². The first-order valence-electron chi connectivity index (χ1n) is 9.56. The first-order valence-corrected chi connectivity index (χ1v) is 9.56. The van der Waals surface area contributed by atoms with E-state index in [9.17, 15) is 9.18 Å². The molecule has 1 aliphatic heterocycles. The van der Waals surface area contributed by atoms with Crippen LogP contribution in [0.15, 0.2) is 48.7 Å². The third kappa shape index (κ3) is 3.84. The van der Waals surface area contributed by atoms with E-state index in [4.69, 9.17) is 15.2 Å². The van der Waals surface area contributed by atoms with Crippen LogP contribution in [0.3, 0.4) is 0 Å². The lowest BCUT2D eigenvalue weighted by molar-refractivity contribution is 0.0751. The SMILES string of the molecule is COc1ccc(C(=O)N2Cc3cnc(C)cc3C2)cc1Oc1ccc(CN)cc1F. The molecule has 0 fully saturated rings. The van der Waals surface area contributed by atoms with Crippen molar-refractivity contribution in [3.8, 4) is 17.2 Å². The molecule has 7 heteroatoms. The summed E-state index contributed by atoms with van der Waals surface area (Å²) in [6.07, 6.45) is 1.81. The van der Waals surface area contributed by atoms with Crippen LogP contribution in [-0.2, 0) is 19.6 Å². The average Bonchev–Trinajstić information content (AvgIpc) is 3.17. The lowest BCUT2D eigenvalue weighted by Crippen LogP contribution is -2.25. The summed E-state index contributed by atoms with van der Waals surface area (Å²) in [5, 5.41) is 0. The zero-order chi connectivity index (χ0) is 21.3. The van der Waals surface area contributed by atoms with Crippen molar-refractivity contribution < 1.29 is 18.7 Å². The molecule has 0 aliphatic carbocycles. The third-order valence-electron chi connectivity index (χ3n) is 5.09. The monoisotopic (exact) mass is 407 g/mol. The van der Waals surface area contributed by atoms with E-state index < -0.39 is 5.82 Å². The van der Waals surface area contributed by atoms with Gasteiger partial charge in [-0.15, -0.1) is 0 Å². The van der Waals surface area contributed by atoms with E-state index >= 15 is 0 Å². The number of nitrogens with zero attached hydrogens (tertiary/aromatic N) is 2. The number of carbonyl (C=O) groups is 1. The number of carbonyl (C=O) groups excluding carboxylic acids is 1. The number of benzene rings is 2. The molecule has 2 N–H and O–H groups in total. The van der Waals surface area contributed by atoms with E-state index in [-0.39, 0.29) is 24.0 Å². The van der Waals surface area contributed by atoms with Crippen LogP contribution in [0.4, 0.5) is 4.39 Å². The highest BCUT2D eigenvalue weighted by Crippen LogP contribution is 2.35. The maximum atomic E-state index is 14.3. The Morgan fingerprint density at radius 1 is 1.10 bits per heavy atom. The molecule has 1 aliphatic rings. The number of ether oxygens (including phenoxy) is 2. The van der Waals surface area contributed by atoms with Gasteiger partial charge in [0.2, 0.25) is 0 Å². The standard InChI is InChI=1S/C23H22FN3O3/c1-14-7-17-12-27(13-18(17)11-26-14)23(28)16-4-6-21(29-2)22(9-16)30-20-5-3-15(10-25)8-19(20)24/h3-9,11H,10,12-13,25H2,1-2H3. The van der Waals surface area contributed by atoms with Crippen molar-refractivity contribution in [3.63, 3.8) is 0 Å². The summed E-state index contributed by atoms with van der Waals surface area (Å²) in [4.78, 5) is 19.1. The van der Waals surface area contributed by atoms with E-state index in [2.05, 4.69) is 4.98 Å². The van der Waals surface area contributed by atoms with Crippen molar-refractivity contribution in [1.29, 1.82) is 0 Å². The minimum atomic E-state index is -0.533. The van der Waals surface area contributed by atoms with Gasteiger partial charge in [0.25, 0.3) is 5.91 Å². The Morgan fingerprint density at radius 2 is 1.87 bits per heavy atom. The second kappa shape index (κ2) is 8.12. The Labute approximate surface area is 174 Å². The van der Waals surface area contributed by atoms with Crippen LogP contribution in [0.1, 0.15) is 32.7 Å². The molecule has 4 rings (SSSR count). The molecule has 0 atom stereocenters. The summed E-state index contributed by atoms with van der Waals surface area (Å²) in [5.74, 6) is 0.0190. The first kappa shape index (κ1) is 19.8. The van der Waals surface area contributed by atoms with E-state index in [1.165, 1.54) is 19.2 Å². The number of pyridine rings is 1. The highest BCUT2D eigenvalue weighted by atomic mass is 19.1. The summed E-state index contributed by atoms with van der Waals surface area (Å²) < 4.78 is 25.4. The molecule has 0 spiro atoms. The number of methoxy groups -OCH3 is 1. The maximum absolute atomic E-state index is 14.3. The van der Waals surface area contributed by atoms with Crippen LogP contribution in [-0.4, -0.2) is 22.9 Å². The number of aryl methyl sites for hydroxylation is 1. The number of aromatic nitrogens is 1. The van der Waals surface area contributed by atoms with Crippen molar-refractivity contribution in [3.05, 3.63) is 82.4 Å². The van der Waals surface area contributed by atoms with Crippen molar-refractivity contribution in [2.45, 2.75) is 26.6 Å². The number of halogens is 1. The van der Waals surface area contributed by atoms with E-state index in [1.54, 1.807) is 29.2 Å². The van der Waals surface area contributed by atoms with Crippen LogP contribution in [0.2, 0.25) is 0 Å². The molecule has 2 aromatic carbocycles. The molecule has 3 aromatic rings. The largest absolute Gasteiger partial charge is 0.493 e. The fourth-order valence-corrected chi connectivity index (χ4v) is 3.49. The second-order valence-electron chi connectivity index (χ2n) is 7.19. The van der Waals surface area contributed by atoms with Crippen LogP contribution in [0, 0.1) is 12.7 Å². The Bertz CT molecular complexity index is 1120. The summed E-state index contributed by atoms with van der Waals surface area (Å²) in [5.41, 5.74) is 9.70. The van der Waals surface area contributed by atoms with Gasteiger partial charge in [0.05, 0.1) is 7.11 Å². The fraction of sp³-hybridized carbons (Fsp3) is 0.217. The van der Waals surface area contributed by atoms with Gasteiger partial charge in [-0.05, 0) is 60.0 Å². The average molecular weight is 407 g/mol. The molecule has 0 saturated heterocycles. The van der Waals surface area contributed by atoms with Crippen LogP contribution < -0.4 is 15.2 Å². The number of hydrogen-bond acceptors (Lipinski definition) is 5. The number of nitrogens with two attached hydrogens (primary N) is 1. The van der Waals surface area contributed by atoms with Crippen molar-refractivity contribution in [2.24, 2.45) is 5.73 Å². The molecular formula is C23H22FN3O3. The lowest BCUT2D eigenvalue weighted by atomic mass is 10.1. The third-order valence-corrected chi connectivity index (χ3v) is 5.09. The molecule has 0 radical (unpaired) electrons. The van der Waals surface area contributed by atoms with Gasteiger partial charge in [-0.1, -0.05) is 6.07 Å². The van der Waals surface area contributed by atoms with E-state index in [1.807, 2.05) is 19.2 Å². The Hall–Kier alpha value is -3.45. The van der Waals surface area contributed by atoms with Gasteiger partial charge in [-0.25, -0.2) is 4.39 Å². The quantitative estimate of drug-likeness (QED) is 0.693. The lowest BCUT2D eigenvalue weighted by Gasteiger charge is -2.17. The second-order valence-corrected chi connectivity index (χ2v) is 7.19. The van der Waals surface area contributed by atoms with Crippen LogP contribution in [0.5, 0.6) is 17.2 Å². The van der Waals surface area contributed by atoms with Gasteiger partial charge >= 0.3 is 0 Å². The Balaban J connectivity index is 1.59. The number of amides is 1. The van der Waals surface area contributed by atoms with Gasteiger partial charge < -0.3 is 20.1 Å². The molecular weight excluding hydrogens is 385 g/mol. The molecule has 0 bridgehead atoms. The predicted octanol–water partition coefficient (Wildman–Crippen LogP) is 3.94. The summed E-state index contributed by atoms with van der Waals surface area (Å²) >= 11 is 0. The summed E-state index contributed by atoms with van der Waals surface area (Å²) in [6.45, 7) is 3.18. The minimum absolute atomic E-state index is 0.0326. The topological polar surface area (TPSA) is 77.7 Å². The molecule has 154 valence electrons. The van der Waals surface area contributed by atoms with Gasteiger partial charge in [-0.2, -0.15) is 0 Å². The van der Waals surface area contributed by atoms with Gasteiger partial charge in [0.1, 0.15) is 0 Å². The highest BCUT2D eigenvalue weighted by Gasteiger charge is 2.25. The number of rotatable bonds is 5. The number of fused-ring (bicyclic) bond motifs is 1. The summed E-state index contributed by atoms with van der Waals surface area (Å²) in [6, 6.07) is 11.4. The van der Waals surface area contributed by atoms with Crippen molar-refractivity contribution >= 4 is 5.91 Å². The molecule has 0 unspecified atom stereocenters. The minimum Gasteiger partial charge on any atom is -0.493 e. The van der Waals surface area contributed by atoms with Crippen LogP contribution >= 0.6 is 0 Å². The first-order chi connectivity index (χ1) is 14.5. The van der Waals surface area contributed by atoms with E-state index in [0.29, 0.717) is 30.0 Å². The van der Waals surface area contributed by atoms with Gasteiger partial charge in [-0.3, -0.25) is 9.78 Å². The number of hydrogen-bond donors (Lipinski definition) is 1. The highest BCUT2D eigenvalue weighted by molar-refractivity contribution is 5.95. The van der Waals surface area contributed by atoms with Crippen LogP contribution in [0.25, 0.3) is 0 Å². The fourth-order valence-electron chi connectivity index (χ4n) is 3.49.